The summed E-state index contributed by atoms with van der Waals surface area (Å²) in [7, 11) is 1.62. The number of fused-ring (bicyclic) bond motifs is 1. The van der Waals surface area contributed by atoms with Crippen LogP contribution in [0.2, 0.25) is 0 Å². The summed E-state index contributed by atoms with van der Waals surface area (Å²) in [6, 6.07) is 20.1. The first-order valence-corrected chi connectivity index (χ1v) is 9.10. The SMILES string of the molecule is COc1ccc(C)c(NC(=O)C2CC(c3cccc4ccccc34)NN2)c1. The van der Waals surface area contributed by atoms with Gasteiger partial charge in [-0.3, -0.25) is 4.79 Å². The van der Waals surface area contributed by atoms with Crippen LogP contribution in [0.3, 0.4) is 0 Å². The van der Waals surface area contributed by atoms with Gasteiger partial charge in [0.2, 0.25) is 5.91 Å². The second-order valence-electron chi connectivity index (χ2n) is 6.87. The highest BCUT2D eigenvalue weighted by atomic mass is 16.5. The van der Waals surface area contributed by atoms with Gasteiger partial charge >= 0.3 is 0 Å². The van der Waals surface area contributed by atoms with E-state index in [0.717, 1.165) is 17.0 Å². The summed E-state index contributed by atoms with van der Waals surface area (Å²) in [6.07, 6.45) is 0.683. The third kappa shape index (κ3) is 3.52. The lowest BCUT2D eigenvalue weighted by Gasteiger charge is -2.14. The fourth-order valence-corrected chi connectivity index (χ4v) is 3.57. The third-order valence-electron chi connectivity index (χ3n) is 5.12. The van der Waals surface area contributed by atoms with Gasteiger partial charge in [-0.25, -0.2) is 10.9 Å². The number of ether oxygens (including phenoxy) is 1. The number of hydrogen-bond donors (Lipinski definition) is 3. The van der Waals surface area contributed by atoms with Crippen molar-refractivity contribution >= 4 is 22.4 Å². The first kappa shape index (κ1) is 17.5. The normalized spacial score (nSPS) is 19.2. The number of anilines is 1. The van der Waals surface area contributed by atoms with Crippen LogP contribution >= 0.6 is 0 Å². The van der Waals surface area contributed by atoms with Gasteiger partial charge in [-0.2, -0.15) is 0 Å². The standard InChI is InChI=1S/C22H23N3O2/c1-14-10-11-16(27-2)12-19(14)23-22(26)21-13-20(24-25-21)18-9-5-7-15-6-3-4-8-17(15)18/h3-12,20-21,24-25H,13H2,1-2H3,(H,23,26). The van der Waals surface area contributed by atoms with Crippen LogP contribution in [0.25, 0.3) is 10.8 Å². The molecule has 1 fully saturated rings. The molecule has 1 heterocycles. The van der Waals surface area contributed by atoms with Crippen LogP contribution in [0.4, 0.5) is 5.69 Å². The molecule has 1 aliphatic rings. The maximum atomic E-state index is 12.8. The molecule has 5 heteroatoms. The van der Waals surface area contributed by atoms with Gasteiger partial charge in [-0.05, 0) is 41.3 Å². The topological polar surface area (TPSA) is 62.4 Å². The van der Waals surface area contributed by atoms with Crippen LogP contribution in [0.5, 0.6) is 5.75 Å². The summed E-state index contributed by atoms with van der Waals surface area (Å²) in [5.41, 5.74) is 9.40. The number of rotatable bonds is 4. The predicted octanol–water partition coefficient (Wildman–Crippen LogP) is 3.70. The van der Waals surface area contributed by atoms with E-state index in [9.17, 15) is 4.79 Å². The van der Waals surface area contributed by atoms with Crippen molar-refractivity contribution in [3.63, 3.8) is 0 Å². The van der Waals surface area contributed by atoms with Gasteiger partial charge in [0, 0.05) is 17.8 Å². The number of methoxy groups -OCH3 is 1. The van der Waals surface area contributed by atoms with Crippen LogP contribution in [-0.2, 0) is 4.79 Å². The van der Waals surface area contributed by atoms with Crippen molar-refractivity contribution in [1.82, 2.24) is 10.9 Å². The number of carbonyl (C=O) groups is 1. The minimum absolute atomic E-state index is 0.0541. The van der Waals surface area contributed by atoms with Crippen LogP contribution < -0.4 is 20.9 Å². The molecule has 0 aromatic heterocycles. The largest absolute Gasteiger partial charge is 0.497 e. The molecule has 0 bridgehead atoms. The van der Waals surface area contributed by atoms with Crippen molar-refractivity contribution in [2.75, 3.05) is 12.4 Å². The van der Waals surface area contributed by atoms with E-state index in [0.29, 0.717) is 6.42 Å². The smallest absolute Gasteiger partial charge is 0.242 e. The average molecular weight is 361 g/mol. The van der Waals surface area contributed by atoms with Gasteiger partial charge < -0.3 is 10.1 Å². The van der Waals surface area contributed by atoms with E-state index < -0.39 is 0 Å². The fourth-order valence-electron chi connectivity index (χ4n) is 3.57. The molecule has 3 aromatic carbocycles. The molecule has 0 radical (unpaired) electrons. The highest BCUT2D eigenvalue weighted by Gasteiger charge is 2.31. The lowest BCUT2D eigenvalue weighted by molar-refractivity contribution is -0.117. The summed E-state index contributed by atoms with van der Waals surface area (Å²) >= 11 is 0. The molecule has 1 amide bonds. The first-order valence-electron chi connectivity index (χ1n) is 9.10. The zero-order valence-electron chi connectivity index (χ0n) is 15.5. The van der Waals surface area contributed by atoms with Crippen LogP contribution in [-0.4, -0.2) is 19.1 Å². The monoisotopic (exact) mass is 361 g/mol. The predicted molar refractivity (Wildman–Crippen MR) is 108 cm³/mol. The summed E-state index contributed by atoms with van der Waals surface area (Å²) in [5.74, 6) is 0.670. The molecule has 5 nitrogen and oxygen atoms in total. The molecular weight excluding hydrogens is 338 g/mol. The van der Waals surface area contributed by atoms with Gasteiger partial charge in [0.15, 0.2) is 0 Å². The van der Waals surface area contributed by atoms with E-state index in [1.165, 1.54) is 16.3 Å². The van der Waals surface area contributed by atoms with E-state index in [1.54, 1.807) is 7.11 Å². The Labute approximate surface area is 158 Å². The van der Waals surface area contributed by atoms with Crippen molar-refractivity contribution in [3.05, 3.63) is 71.8 Å². The Morgan fingerprint density at radius 3 is 2.74 bits per heavy atom. The van der Waals surface area contributed by atoms with Gasteiger partial charge in [-0.1, -0.05) is 48.5 Å². The molecule has 3 aromatic rings. The van der Waals surface area contributed by atoms with Gasteiger partial charge in [0.05, 0.1) is 7.11 Å². The van der Waals surface area contributed by atoms with Crippen molar-refractivity contribution in [3.8, 4) is 5.75 Å². The number of carbonyl (C=O) groups excluding carboxylic acids is 1. The van der Waals surface area contributed by atoms with E-state index >= 15 is 0 Å². The van der Waals surface area contributed by atoms with E-state index in [4.69, 9.17) is 4.74 Å². The molecule has 3 N–H and O–H groups in total. The van der Waals surface area contributed by atoms with Crippen LogP contribution in [0.15, 0.2) is 60.7 Å². The Bertz CT molecular complexity index is 981. The quantitative estimate of drug-likeness (QED) is 0.663. The van der Waals surface area contributed by atoms with Crippen molar-refractivity contribution in [1.29, 1.82) is 0 Å². The van der Waals surface area contributed by atoms with Crippen molar-refractivity contribution in [2.45, 2.75) is 25.4 Å². The van der Waals surface area contributed by atoms with Gasteiger partial charge in [0.1, 0.15) is 11.8 Å². The summed E-state index contributed by atoms with van der Waals surface area (Å²) < 4.78 is 5.25. The Balaban J connectivity index is 1.50. The molecule has 1 aliphatic heterocycles. The van der Waals surface area contributed by atoms with E-state index in [-0.39, 0.29) is 18.0 Å². The molecule has 2 atom stereocenters. The molecule has 27 heavy (non-hydrogen) atoms. The van der Waals surface area contributed by atoms with Gasteiger partial charge in [0.25, 0.3) is 0 Å². The molecule has 4 rings (SSSR count). The zero-order valence-corrected chi connectivity index (χ0v) is 15.5. The Morgan fingerprint density at radius 1 is 1.07 bits per heavy atom. The molecule has 2 unspecified atom stereocenters. The number of amides is 1. The Hall–Kier alpha value is -2.89. The highest BCUT2D eigenvalue weighted by molar-refractivity contribution is 5.96. The highest BCUT2D eigenvalue weighted by Crippen LogP contribution is 2.30. The average Bonchev–Trinajstić information content (AvgIpc) is 3.19. The lowest BCUT2D eigenvalue weighted by atomic mass is 9.96. The fraction of sp³-hybridized carbons (Fsp3) is 0.227. The summed E-state index contributed by atoms with van der Waals surface area (Å²) in [4.78, 5) is 12.8. The summed E-state index contributed by atoms with van der Waals surface area (Å²) in [5, 5.41) is 5.43. The number of hydrazine groups is 1. The molecule has 0 aliphatic carbocycles. The lowest BCUT2D eigenvalue weighted by Crippen LogP contribution is -2.39. The van der Waals surface area contributed by atoms with Gasteiger partial charge in [-0.15, -0.1) is 0 Å². The minimum atomic E-state index is -0.306. The van der Waals surface area contributed by atoms with Crippen LogP contribution in [0.1, 0.15) is 23.6 Å². The Kier molecular flexibility index (Phi) is 4.79. The molecular formula is C22H23N3O2. The number of benzene rings is 3. The number of nitrogens with one attached hydrogen (secondary N) is 3. The molecule has 138 valence electrons. The van der Waals surface area contributed by atoms with Crippen molar-refractivity contribution < 1.29 is 9.53 Å². The van der Waals surface area contributed by atoms with E-state index in [2.05, 4.69) is 46.5 Å². The second kappa shape index (κ2) is 7.39. The zero-order chi connectivity index (χ0) is 18.8. The van der Waals surface area contributed by atoms with Crippen molar-refractivity contribution in [2.24, 2.45) is 0 Å². The summed E-state index contributed by atoms with van der Waals surface area (Å²) in [6.45, 7) is 1.97. The third-order valence-corrected chi connectivity index (χ3v) is 5.12. The van der Waals surface area contributed by atoms with E-state index in [1.807, 2.05) is 37.3 Å². The number of hydrogen-bond acceptors (Lipinski definition) is 4. The number of aryl methyl sites for hydroxylation is 1. The van der Waals surface area contributed by atoms with Crippen LogP contribution in [0, 0.1) is 6.92 Å². The first-order chi connectivity index (χ1) is 13.2. The minimum Gasteiger partial charge on any atom is -0.497 e. The molecule has 1 saturated heterocycles. The second-order valence-corrected chi connectivity index (χ2v) is 6.87. The molecule has 0 saturated carbocycles. The maximum Gasteiger partial charge on any atom is 0.242 e. The maximum absolute atomic E-state index is 12.8. The molecule has 0 spiro atoms. The Morgan fingerprint density at radius 2 is 1.89 bits per heavy atom.